The van der Waals surface area contributed by atoms with Crippen LogP contribution in [0.1, 0.15) is 38.5 Å². The molecule has 0 N–H and O–H groups in total. The fourth-order valence-electron chi connectivity index (χ4n) is 4.68. The molecule has 1 aromatic carbocycles. The summed E-state index contributed by atoms with van der Waals surface area (Å²) in [6.07, 6.45) is 5.15. The second-order valence-electron chi connectivity index (χ2n) is 7.65. The van der Waals surface area contributed by atoms with Crippen molar-refractivity contribution >= 4 is 29.2 Å². The highest BCUT2D eigenvalue weighted by atomic mass is 35.5. The smallest absolute Gasteiger partial charge is 0.307 e. The van der Waals surface area contributed by atoms with E-state index >= 15 is 0 Å². The summed E-state index contributed by atoms with van der Waals surface area (Å²) in [4.78, 5) is 29.3. The van der Waals surface area contributed by atoms with Crippen molar-refractivity contribution in [3.05, 3.63) is 29.3 Å². The van der Waals surface area contributed by atoms with Gasteiger partial charge in [-0.05, 0) is 43.9 Å². The number of halogens is 1. The minimum absolute atomic E-state index is 0.100. The van der Waals surface area contributed by atoms with E-state index in [1.54, 1.807) is 0 Å². The molecule has 0 aromatic heterocycles. The molecule has 1 amide bonds. The Morgan fingerprint density at radius 3 is 2.54 bits per heavy atom. The van der Waals surface area contributed by atoms with Gasteiger partial charge in [0.25, 0.3) is 0 Å². The van der Waals surface area contributed by atoms with Crippen molar-refractivity contribution < 1.29 is 14.3 Å². The summed E-state index contributed by atoms with van der Waals surface area (Å²) >= 11 is 6.09. The lowest BCUT2D eigenvalue weighted by Crippen LogP contribution is -2.53. The lowest BCUT2D eigenvalue weighted by Gasteiger charge is -2.41. The van der Waals surface area contributed by atoms with Crippen molar-refractivity contribution in [2.45, 2.75) is 44.1 Å². The number of ether oxygens (including phenoxy) is 1. The van der Waals surface area contributed by atoms with E-state index in [0.717, 1.165) is 49.5 Å². The summed E-state index contributed by atoms with van der Waals surface area (Å²) in [5, 5.41) is 0.724. The number of rotatable bonds is 2. The zero-order valence-electron chi connectivity index (χ0n) is 15.0. The average Bonchev–Trinajstić information content (AvgIpc) is 2.97. The van der Waals surface area contributed by atoms with Crippen LogP contribution in [0.2, 0.25) is 5.02 Å². The fraction of sp³-hybridized carbons (Fsp3) is 0.600. The van der Waals surface area contributed by atoms with Crippen LogP contribution in [0.3, 0.4) is 0 Å². The van der Waals surface area contributed by atoms with Crippen molar-refractivity contribution in [2.24, 2.45) is 5.92 Å². The Morgan fingerprint density at radius 1 is 1.12 bits per heavy atom. The fourth-order valence-corrected chi connectivity index (χ4v) is 4.87. The van der Waals surface area contributed by atoms with Crippen LogP contribution in [-0.4, -0.2) is 48.6 Å². The van der Waals surface area contributed by atoms with E-state index < -0.39 is 5.60 Å². The highest BCUT2D eigenvalue weighted by Crippen LogP contribution is 2.45. The molecular weight excluding hydrogens is 352 g/mol. The maximum atomic E-state index is 13.2. The van der Waals surface area contributed by atoms with Crippen LogP contribution in [0, 0.1) is 5.92 Å². The van der Waals surface area contributed by atoms with E-state index in [4.69, 9.17) is 16.3 Å². The van der Waals surface area contributed by atoms with Crippen molar-refractivity contribution in [2.75, 3.05) is 31.1 Å². The third kappa shape index (κ3) is 3.29. The van der Waals surface area contributed by atoms with Crippen molar-refractivity contribution in [3.8, 4) is 0 Å². The van der Waals surface area contributed by atoms with Gasteiger partial charge in [-0.2, -0.15) is 0 Å². The molecule has 1 aliphatic carbocycles. The molecule has 1 atom stereocenters. The van der Waals surface area contributed by atoms with Gasteiger partial charge >= 0.3 is 5.97 Å². The SMILES string of the molecule is O=C1C[C@H](C(=O)N2CCN(c3cccc(Cl)c3)CC2)C2(CCCCC2)O1. The van der Waals surface area contributed by atoms with Gasteiger partial charge < -0.3 is 14.5 Å². The first-order valence-electron chi connectivity index (χ1n) is 9.59. The van der Waals surface area contributed by atoms with Gasteiger partial charge in [-0.1, -0.05) is 24.1 Å². The molecule has 3 fully saturated rings. The summed E-state index contributed by atoms with van der Waals surface area (Å²) in [7, 11) is 0. The number of carbonyl (C=O) groups is 2. The Kier molecular flexibility index (Phi) is 4.82. The minimum Gasteiger partial charge on any atom is -0.458 e. The number of amides is 1. The molecule has 0 radical (unpaired) electrons. The van der Waals surface area contributed by atoms with Crippen molar-refractivity contribution in [1.29, 1.82) is 0 Å². The number of hydrogen-bond acceptors (Lipinski definition) is 4. The summed E-state index contributed by atoms with van der Waals surface area (Å²) < 4.78 is 5.71. The zero-order valence-corrected chi connectivity index (χ0v) is 15.7. The Morgan fingerprint density at radius 2 is 1.85 bits per heavy atom. The highest BCUT2D eigenvalue weighted by Gasteiger charge is 2.53. The van der Waals surface area contributed by atoms with E-state index in [1.165, 1.54) is 6.42 Å². The lowest BCUT2D eigenvalue weighted by atomic mass is 9.75. The third-order valence-electron chi connectivity index (χ3n) is 6.09. The first-order chi connectivity index (χ1) is 12.6. The van der Waals surface area contributed by atoms with Crippen LogP contribution in [0.25, 0.3) is 0 Å². The quantitative estimate of drug-likeness (QED) is 0.743. The Balaban J connectivity index is 1.42. The molecule has 0 bridgehead atoms. The molecular formula is C20H25ClN2O3. The Labute approximate surface area is 159 Å². The van der Waals surface area contributed by atoms with E-state index in [-0.39, 0.29) is 24.2 Å². The van der Waals surface area contributed by atoms with Gasteiger partial charge in [0.05, 0.1) is 12.3 Å². The van der Waals surface area contributed by atoms with Gasteiger partial charge in [0, 0.05) is 36.9 Å². The molecule has 2 saturated heterocycles. The second kappa shape index (κ2) is 7.10. The third-order valence-corrected chi connectivity index (χ3v) is 6.32. The maximum absolute atomic E-state index is 13.2. The number of carbonyl (C=O) groups excluding carboxylic acids is 2. The van der Waals surface area contributed by atoms with Crippen LogP contribution in [-0.2, 0) is 14.3 Å². The monoisotopic (exact) mass is 376 g/mol. The molecule has 1 spiro atoms. The maximum Gasteiger partial charge on any atom is 0.307 e. The molecule has 2 heterocycles. The van der Waals surface area contributed by atoms with Crippen molar-refractivity contribution in [3.63, 3.8) is 0 Å². The van der Waals surface area contributed by atoms with Gasteiger partial charge in [-0.15, -0.1) is 0 Å². The molecule has 3 aliphatic rings. The number of piperazine rings is 1. The molecule has 2 aliphatic heterocycles. The largest absolute Gasteiger partial charge is 0.458 e. The van der Waals surface area contributed by atoms with Crippen LogP contribution in [0.4, 0.5) is 5.69 Å². The van der Waals surface area contributed by atoms with Gasteiger partial charge in [0.15, 0.2) is 0 Å². The molecule has 6 heteroatoms. The first kappa shape index (κ1) is 17.7. The molecule has 5 nitrogen and oxygen atoms in total. The van der Waals surface area contributed by atoms with Crippen LogP contribution in [0.5, 0.6) is 0 Å². The number of esters is 1. The number of hydrogen-bond donors (Lipinski definition) is 0. The average molecular weight is 377 g/mol. The van der Waals surface area contributed by atoms with E-state index in [1.807, 2.05) is 29.2 Å². The van der Waals surface area contributed by atoms with Gasteiger partial charge in [-0.3, -0.25) is 9.59 Å². The van der Waals surface area contributed by atoms with E-state index in [0.29, 0.717) is 13.1 Å². The summed E-state index contributed by atoms with van der Waals surface area (Å²) in [5.41, 5.74) is 0.559. The predicted octanol–water partition coefficient (Wildman–Crippen LogP) is 3.25. The number of anilines is 1. The predicted molar refractivity (Wildman–Crippen MR) is 100 cm³/mol. The lowest BCUT2D eigenvalue weighted by molar-refractivity contribution is -0.155. The molecule has 26 heavy (non-hydrogen) atoms. The molecule has 140 valence electrons. The van der Waals surface area contributed by atoms with Crippen LogP contribution >= 0.6 is 11.6 Å². The first-order valence-corrected chi connectivity index (χ1v) is 9.96. The highest BCUT2D eigenvalue weighted by molar-refractivity contribution is 6.30. The molecule has 0 unspecified atom stereocenters. The number of nitrogens with zero attached hydrogens (tertiary/aromatic N) is 2. The minimum atomic E-state index is -0.531. The van der Waals surface area contributed by atoms with Gasteiger partial charge in [-0.25, -0.2) is 0 Å². The van der Waals surface area contributed by atoms with Gasteiger partial charge in [0.1, 0.15) is 5.60 Å². The normalized spacial score (nSPS) is 25.4. The van der Waals surface area contributed by atoms with Crippen molar-refractivity contribution in [1.82, 2.24) is 4.90 Å². The van der Waals surface area contributed by atoms with Crippen LogP contribution < -0.4 is 4.90 Å². The molecule has 4 rings (SSSR count). The van der Waals surface area contributed by atoms with Crippen LogP contribution in [0.15, 0.2) is 24.3 Å². The molecule has 1 saturated carbocycles. The van der Waals surface area contributed by atoms with Gasteiger partial charge in [0.2, 0.25) is 5.91 Å². The number of benzene rings is 1. The summed E-state index contributed by atoms with van der Waals surface area (Å²) in [6, 6.07) is 7.82. The second-order valence-corrected chi connectivity index (χ2v) is 8.08. The molecule has 1 aromatic rings. The van der Waals surface area contributed by atoms with E-state index in [9.17, 15) is 9.59 Å². The summed E-state index contributed by atoms with van der Waals surface area (Å²) in [5.74, 6) is -0.403. The Bertz CT molecular complexity index is 694. The summed E-state index contributed by atoms with van der Waals surface area (Å²) in [6.45, 7) is 2.90. The standard InChI is InChI=1S/C20H25ClN2O3/c21-15-5-4-6-16(13-15)22-9-11-23(12-10-22)19(25)17-14-18(24)26-20(17)7-2-1-3-8-20/h4-6,13,17H,1-3,7-12,14H2/t17-/m1/s1. The van der Waals surface area contributed by atoms with E-state index in [2.05, 4.69) is 4.90 Å². The topological polar surface area (TPSA) is 49.9 Å². The zero-order chi connectivity index (χ0) is 18.1. The Hall–Kier alpha value is -1.75.